The van der Waals surface area contributed by atoms with Gasteiger partial charge in [0.05, 0.1) is 0 Å². The molecular formula is C14H15N3. The number of nitrogens with two attached hydrogens (primary N) is 1. The Bertz CT molecular complexity index is 567. The van der Waals surface area contributed by atoms with Crippen LogP contribution in [-0.4, -0.2) is 11.0 Å². The number of hydrogen-bond donors (Lipinski definition) is 2. The number of hydrogen-bond acceptors (Lipinski definition) is 3. The van der Waals surface area contributed by atoms with Crippen LogP contribution in [0.5, 0.6) is 0 Å². The van der Waals surface area contributed by atoms with Crippen molar-refractivity contribution in [2.75, 3.05) is 11.1 Å². The van der Waals surface area contributed by atoms with E-state index in [-0.39, 0.29) is 0 Å². The van der Waals surface area contributed by atoms with Crippen molar-refractivity contribution >= 4 is 22.1 Å². The van der Waals surface area contributed by atoms with Gasteiger partial charge in [0.2, 0.25) is 0 Å². The van der Waals surface area contributed by atoms with Crippen molar-refractivity contribution in [3.63, 3.8) is 0 Å². The molecule has 1 aliphatic rings. The minimum absolute atomic E-state index is 0.502. The second kappa shape index (κ2) is 4.09. The van der Waals surface area contributed by atoms with Crippen molar-refractivity contribution in [3.8, 4) is 0 Å². The molecule has 0 saturated carbocycles. The molecule has 0 amide bonds. The highest BCUT2D eigenvalue weighted by molar-refractivity contribution is 6.00. The van der Waals surface area contributed by atoms with Gasteiger partial charge in [-0.1, -0.05) is 12.2 Å². The Morgan fingerprint density at radius 3 is 2.76 bits per heavy atom. The molecule has 0 fully saturated rings. The fourth-order valence-electron chi connectivity index (χ4n) is 2.29. The van der Waals surface area contributed by atoms with Gasteiger partial charge in [0.25, 0.3) is 0 Å². The quantitative estimate of drug-likeness (QED) is 0.610. The minimum atomic E-state index is 0.502. The number of nitrogens with zero attached hydrogens (tertiary/aromatic N) is 1. The van der Waals surface area contributed by atoms with Gasteiger partial charge < -0.3 is 11.1 Å². The van der Waals surface area contributed by atoms with Gasteiger partial charge in [0, 0.05) is 40.6 Å². The number of nitrogens with one attached hydrogen (secondary N) is 1. The van der Waals surface area contributed by atoms with E-state index in [1.807, 2.05) is 24.4 Å². The summed E-state index contributed by atoms with van der Waals surface area (Å²) in [6, 6.07) is 6.45. The molecule has 1 aromatic carbocycles. The zero-order valence-corrected chi connectivity index (χ0v) is 9.56. The molecule has 17 heavy (non-hydrogen) atoms. The lowest BCUT2D eigenvalue weighted by molar-refractivity contribution is 0.788. The molecule has 0 spiro atoms. The molecule has 0 atom stereocenters. The monoisotopic (exact) mass is 225 g/mol. The van der Waals surface area contributed by atoms with Gasteiger partial charge in [-0.15, -0.1) is 0 Å². The fraction of sp³-hybridized carbons (Fsp3) is 0.214. The molecule has 0 unspecified atom stereocenters. The molecule has 3 nitrogen and oxygen atoms in total. The first-order valence-electron chi connectivity index (χ1n) is 5.88. The summed E-state index contributed by atoms with van der Waals surface area (Å²) in [5, 5.41) is 5.72. The Kier molecular flexibility index (Phi) is 2.44. The van der Waals surface area contributed by atoms with E-state index in [2.05, 4.69) is 22.5 Å². The summed E-state index contributed by atoms with van der Waals surface area (Å²) >= 11 is 0. The van der Waals surface area contributed by atoms with Crippen LogP contribution in [-0.2, 0) is 0 Å². The summed E-state index contributed by atoms with van der Waals surface area (Å²) in [5.41, 5.74) is 7.89. The Morgan fingerprint density at radius 1 is 1.12 bits per heavy atom. The predicted octanol–water partition coefficient (Wildman–Crippen LogP) is 2.95. The number of nitrogen functional groups attached to an aromatic ring is 1. The zero-order valence-electron chi connectivity index (χ0n) is 9.56. The topological polar surface area (TPSA) is 50.9 Å². The highest BCUT2D eigenvalue weighted by Crippen LogP contribution is 2.29. The van der Waals surface area contributed by atoms with Gasteiger partial charge >= 0.3 is 0 Å². The van der Waals surface area contributed by atoms with E-state index in [9.17, 15) is 0 Å². The summed E-state index contributed by atoms with van der Waals surface area (Å²) in [4.78, 5) is 4.18. The van der Waals surface area contributed by atoms with Crippen molar-refractivity contribution in [2.45, 2.75) is 18.9 Å². The van der Waals surface area contributed by atoms with E-state index >= 15 is 0 Å². The van der Waals surface area contributed by atoms with Crippen LogP contribution in [0.15, 0.2) is 42.7 Å². The number of pyridine rings is 1. The van der Waals surface area contributed by atoms with Crippen LogP contribution in [0.1, 0.15) is 12.8 Å². The summed E-state index contributed by atoms with van der Waals surface area (Å²) in [6.45, 7) is 0. The summed E-state index contributed by atoms with van der Waals surface area (Å²) in [7, 11) is 0. The maximum absolute atomic E-state index is 5.97. The lowest BCUT2D eigenvalue weighted by atomic mass is 10.1. The minimum Gasteiger partial charge on any atom is -0.398 e. The molecule has 0 bridgehead atoms. The van der Waals surface area contributed by atoms with Gasteiger partial charge in [-0.3, -0.25) is 4.98 Å². The van der Waals surface area contributed by atoms with Gasteiger partial charge in [-0.2, -0.15) is 0 Å². The van der Waals surface area contributed by atoms with Gasteiger partial charge in [-0.25, -0.2) is 0 Å². The van der Waals surface area contributed by atoms with E-state index in [1.165, 1.54) is 0 Å². The van der Waals surface area contributed by atoms with Gasteiger partial charge in [-0.05, 0) is 31.0 Å². The average Bonchev–Trinajstić information content (AvgIpc) is 2.86. The Balaban J connectivity index is 2.01. The standard InChI is InChI=1S/C14H15N3/c15-13-5-6-14(17-10-3-1-2-4-10)12-9-16-8-7-11(12)13/h1-2,5-10,17H,3-4,15H2. The molecule has 1 aliphatic carbocycles. The van der Waals surface area contributed by atoms with Crippen molar-refractivity contribution in [1.82, 2.24) is 4.98 Å². The van der Waals surface area contributed by atoms with E-state index in [4.69, 9.17) is 5.73 Å². The van der Waals surface area contributed by atoms with Crippen LogP contribution >= 0.6 is 0 Å². The summed E-state index contributed by atoms with van der Waals surface area (Å²) in [6.07, 6.45) is 10.3. The molecule has 2 aromatic rings. The molecule has 1 aromatic heterocycles. The number of aromatic nitrogens is 1. The average molecular weight is 225 g/mol. The van der Waals surface area contributed by atoms with Crippen LogP contribution in [0, 0.1) is 0 Å². The van der Waals surface area contributed by atoms with E-state index in [0.29, 0.717) is 6.04 Å². The highest BCUT2D eigenvalue weighted by atomic mass is 14.9. The predicted molar refractivity (Wildman–Crippen MR) is 71.9 cm³/mol. The molecule has 0 radical (unpaired) electrons. The van der Waals surface area contributed by atoms with Gasteiger partial charge in [0.1, 0.15) is 0 Å². The van der Waals surface area contributed by atoms with Crippen molar-refractivity contribution in [2.24, 2.45) is 0 Å². The summed E-state index contributed by atoms with van der Waals surface area (Å²) < 4.78 is 0. The van der Waals surface area contributed by atoms with E-state index in [1.54, 1.807) is 6.20 Å². The third-order valence-electron chi connectivity index (χ3n) is 3.22. The van der Waals surface area contributed by atoms with Crippen LogP contribution in [0.2, 0.25) is 0 Å². The van der Waals surface area contributed by atoms with Crippen molar-refractivity contribution in [3.05, 3.63) is 42.7 Å². The number of rotatable bonds is 2. The number of fused-ring (bicyclic) bond motifs is 1. The Morgan fingerprint density at radius 2 is 1.94 bits per heavy atom. The molecule has 86 valence electrons. The Hall–Kier alpha value is -2.03. The first-order valence-corrected chi connectivity index (χ1v) is 5.88. The summed E-state index contributed by atoms with van der Waals surface area (Å²) in [5.74, 6) is 0. The molecule has 3 N–H and O–H groups in total. The molecule has 3 heteroatoms. The normalized spacial score (nSPS) is 15.5. The van der Waals surface area contributed by atoms with E-state index in [0.717, 1.165) is 35.0 Å². The molecule has 0 saturated heterocycles. The van der Waals surface area contributed by atoms with Crippen LogP contribution in [0.3, 0.4) is 0 Å². The fourth-order valence-corrected chi connectivity index (χ4v) is 2.29. The largest absolute Gasteiger partial charge is 0.398 e. The molecule has 0 aliphatic heterocycles. The lowest BCUT2D eigenvalue weighted by Gasteiger charge is -2.16. The Labute approximate surface area is 100 Å². The molecular weight excluding hydrogens is 210 g/mol. The maximum Gasteiger partial charge on any atom is 0.0439 e. The van der Waals surface area contributed by atoms with Crippen LogP contribution in [0.4, 0.5) is 11.4 Å². The van der Waals surface area contributed by atoms with Crippen LogP contribution in [0.25, 0.3) is 10.8 Å². The molecule has 3 rings (SSSR count). The lowest BCUT2D eigenvalue weighted by Crippen LogP contribution is -2.15. The number of benzene rings is 1. The van der Waals surface area contributed by atoms with Crippen molar-refractivity contribution < 1.29 is 0 Å². The first-order chi connectivity index (χ1) is 8.34. The SMILES string of the molecule is Nc1ccc(NC2CC=CC2)c2cnccc12. The zero-order chi connectivity index (χ0) is 11.7. The molecule has 1 heterocycles. The maximum atomic E-state index is 5.97. The third kappa shape index (κ3) is 1.84. The highest BCUT2D eigenvalue weighted by Gasteiger charge is 2.11. The first kappa shape index (κ1) is 10.1. The van der Waals surface area contributed by atoms with Crippen LogP contribution < -0.4 is 11.1 Å². The second-order valence-electron chi connectivity index (χ2n) is 4.41. The van der Waals surface area contributed by atoms with Crippen molar-refractivity contribution in [1.29, 1.82) is 0 Å². The second-order valence-corrected chi connectivity index (χ2v) is 4.41. The van der Waals surface area contributed by atoms with E-state index < -0.39 is 0 Å². The number of anilines is 2. The van der Waals surface area contributed by atoms with Gasteiger partial charge in [0.15, 0.2) is 0 Å². The smallest absolute Gasteiger partial charge is 0.0439 e. The third-order valence-corrected chi connectivity index (χ3v) is 3.22.